The summed E-state index contributed by atoms with van der Waals surface area (Å²) in [6, 6.07) is 10.4. The summed E-state index contributed by atoms with van der Waals surface area (Å²) in [5.41, 5.74) is 13.0. The maximum absolute atomic E-state index is 13.6. The summed E-state index contributed by atoms with van der Waals surface area (Å²) in [7, 11) is 0. The molecule has 2 saturated carbocycles. The van der Waals surface area contributed by atoms with Crippen molar-refractivity contribution in [2.75, 3.05) is 0 Å². The molecule has 0 bridgehead atoms. The number of rotatable bonds is 4. The Bertz CT molecular complexity index is 1130. The minimum Gasteiger partial charge on any atom is -0.460 e. The third-order valence-electron chi connectivity index (χ3n) is 7.92. The molecule has 0 radical (unpaired) electrons. The fourth-order valence-corrected chi connectivity index (χ4v) is 6.59. The molecule has 7 heteroatoms. The number of hydrogen-bond donors (Lipinski definition) is 2. The molecule has 1 saturated heterocycles. The van der Waals surface area contributed by atoms with E-state index in [1.54, 1.807) is 12.3 Å². The van der Waals surface area contributed by atoms with Gasteiger partial charge in [0.2, 0.25) is 0 Å². The van der Waals surface area contributed by atoms with Crippen LogP contribution in [0.3, 0.4) is 0 Å². The second-order valence-corrected chi connectivity index (χ2v) is 9.93. The lowest BCUT2D eigenvalue weighted by atomic mass is 9.54. The average molecular weight is 463 g/mol. The van der Waals surface area contributed by atoms with Crippen LogP contribution in [0.1, 0.15) is 44.7 Å². The van der Waals surface area contributed by atoms with Gasteiger partial charge in [0, 0.05) is 17.7 Å². The van der Waals surface area contributed by atoms with Crippen LogP contribution in [-0.4, -0.2) is 28.6 Å². The van der Waals surface area contributed by atoms with Gasteiger partial charge in [-0.1, -0.05) is 43.5 Å². The van der Waals surface area contributed by atoms with Crippen molar-refractivity contribution >= 4 is 18.0 Å². The van der Waals surface area contributed by atoms with Gasteiger partial charge in [-0.25, -0.2) is 14.2 Å². The van der Waals surface area contributed by atoms with Gasteiger partial charge in [-0.3, -0.25) is 4.98 Å². The fraction of sp³-hybridized carbons (Fsp3) is 0.444. The summed E-state index contributed by atoms with van der Waals surface area (Å²) >= 11 is 0. The van der Waals surface area contributed by atoms with Crippen LogP contribution in [-0.2, 0) is 9.53 Å². The molecule has 0 spiro atoms. The number of pyridine rings is 1. The summed E-state index contributed by atoms with van der Waals surface area (Å²) in [5.74, 6) is 0.177. The van der Waals surface area contributed by atoms with Crippen LogP contribution >= 0.6 is 0 Å². The Morgan fingerprint density at radius 1 is 1.21 bits per heavy atom. The third kappa shape index (κ3) is 3.97. The van der Waals surface area contributed by atoms with Crippen LogP contribution in [0.4, 0.5) is 4.39 Å². The van der Waals surface area contributed by atoms with Crippen molar-refractivity contribution in [2.24, 2.45) is 40.1 Å². The lowest BCUT2D eigenvalue weighted by molar-refractivity contribution is -0.145. The van der Waals surface area contributed by atoms with Crippen LogP contribution in [0.2, 0.25) is 0 Å². The van der Waals surface area contributed by atoms with Crippen molar-refractivity contribution in [3.8, 4) is 11.1 Å². The lowest BCUT2D eigenvalue weighted by Crippen LogP contribution is -2.54. The maximum Gasteiger partial charge on any atom is 0.334 e. The molecule has 1 aromatic carbocycles. The highest BCUT2D eigenvalue weighted by Gasteiger charge is 2.64. The molecule has 2 aliphatic carbocycles. The van der Waals surface area contributed by atoms with E-state index in [0.717, 1.165) is 36.1 Å². The van der Waals surface area contributed by atoms with Crippen LogP contribution in [0.25, 0.3) is 17.2 Å². The number of allylic oxidation sites excluding steroid dienone is 1. The first-order chi connectivity index (χ1) is 16.4. The monoisotopic (exact) mass is 462 g/mol. The first kappa shape index (κ1) is 22.6. The molecule has 178 valence electrons. The van der Waals surface area contributed by atoms with E-state index in [1.165, 1.54) is 18.6 Å². The number of aliphatic imine (C=N–C) groups is 1. The van der Waals surface area contributed by atoms with Crippen LogP contribution in [0.5, 0.6) is 0 Å². The molecule has 3 aliphatic rings. The average Bonchev–Trinajstić information content (AvgIpc) is 3.05. The molecule has 4 N–H and O–H groups in total. The highest BCUT2D eigenvalue weighted by Crippen LogP contribution is 2.56. The summed E-state index contributed by atoms with van der Waals surface area (Å²) in [4.78, 5) is 22.2. The Morgan fingerprint density at radius 3 is 2.76 bits per heavy atom. The Morgan fingerprint density at radius 2 is 2.03 bits per heavy atom. The number of benzene rings is 1. The number of hydrogen-bond acceptors (Lipinski definition) is 4. The van der Waals surface area contributed by atoms with Crippen molar-refractivity contribution in [3.63, 3.8) is 0 Å². The van der Waals surface area contributed by atoms with Gasteiger partial charge in [-0.05, 0) is 67.4 Å². The van der Waals surface area contributed by atoms with Crippen LogP contribution in [0, 0.1) is 29.5 Å². The van der Waals surface area contributed by atoms with E-state index < -0.39 is 5.54 Å². The standard InChI is InChI=1S/C27H31FN4O2/c1-16-24-23(12-11-21-10-9-19(15-31-21)17-6-4-7-20(28)13-17)22-8-3-2-5-18(22)14-27(24,25(33)34-16)32-26(29)30/h4,6-7,9-13,15-16,18,22-24H,2-3,5,8,14H2,1H3,(H4,29,30,32)/b12-11+/t16-,18+,22-,23?,24+,27+/m1/s1. The van der Waals surface area contributed by atoms with Gasteiger partial charge in [-0.15, -0.1) is 0 Å². The van der Waals surface area contributed by atoms with Crippen LogP contribution in [0.15, 0.2) is 53.7 Å². The second kappa shape index (κ2) is 8.85. The maximum atomic E-state index is 13.6. The highest BCUT2D eigenvalue weighted by atomic mass is 19.1. The minimum absolute atomic E-state index is 0.0670. The molecular formula is C27H31FN4O2. The molecular weight excluding hydrogens is 431 g/mol. The molecule has 0 amide bonds. The number of aromatic nitrogens is 1. The van der Waals surface area contributed by atoms with Crippen molar-refractivity contribution in [1.29, 1.82) is 0 Å². The zero-order valence-electron chi connectivity index (χ0n) is 19.4. The number of guanidine groups is 1. The van der Waals surface area contributed by atoms with Crippen molar-refractivity contribution < 1.29 is 13.9 Å². The molecule has 6 nitrogen and oxygen atoms in total. The van der Waals surface area contributed by atoms with Gasteiger partial charge in [0.25, 0.3) is 0 Å². The van der Waals surface area contributed by atoms with E-state index in [2.05, 4.69) is 16.1 Å². The van der Waals surface area contributed by atoms with Crippen molar-refractivity contribution in [3.05, 3.63) is 60.2 Å². The Balaban J connectivity index is 1.47. The van der Waals surface area contributed by atoms with Gasteiger partial charge in [0.05, 0.1) is 5.69 Å². The number of cyclic esters (lactones) is 1. The summed E-state index contributed by atoms with van der Waals surface area (Å²) in [6.45, 7) is 1.95. The summed E-state index contributed by atoms with van der Waals surface area (Å²) in [5, 5.41) is 0. The van der Waals surface area contributed by atoms with E-state index >= 15 is 0 Å². The van der Waals surface area contributed by atoms with E-state index in [9.17, 15) is 9.18 Å². The Kier molecular flexibility index (Phi) is 5.88. The number of ether oxygens (including phenoxy) is 1. The number of nitrogens with two attached hydrogens (primary N) is 2. The quantitative estimate of drug-likeness (QED) is 0.401. The fourth-order valence-electron chi connectivity index (χ4n) is 6.59. The van der Waals surface area contributed by atoms with Gasteiger partial charge < -0.3 is 16.2 Å². The summed E-state index contributed by atoms with van der Waals surface area (Å²) < 4.78 is 19.3. The topological polar surface area (TPSA) is 104 Å². The molecule has 2 heterocycles. The smallest absolute Gasteiger partial charge is 0.334 e. The predicted octanol–water partition coefficient (Wildman–Crippen LogP) is 4.30. The predicted molar refractivity (Wildman–Crippen MR) is 130 cm³/mol. The first-order valence-corrected chi connectivity index (χ1v) is 12.1. The number of halogens is 1. The largest absolute Gasteiger partial charge is 0.460 e. The number of carbonyl (C=O) groups excluding carboxylic acids is 1. The highest BCUT2D eigenvalue weighted by molar-refractivity contribution is 5.88. The molecule has 6 atom stereocenters. The zero-order valence-corrected chi connectivity index (χ0v) is 19.4. The van der Waals surface area contributed by atoms with Crippen molar-refractivity contribution in [2.45, 2.75) is 50.7 Å². The lowest BCUT2D eigenvalue weighted by Gasteiger charge is -2.49. The molecule has 5 rings (SSSR count). The Hall–Kier alpha value is -3.22. The minimum atomic E-state index is -1.01. The van der Waals surface area contributed by atoms with E-state index in [0.29, 0.717) is 18.3 Å². The number of fused-ring (bicyclic) bond motifs is 2. The van der Waals surface area contributed by atoms with Crippen molar-refractivity contribution in [1.82, 2.24) is 4.98 Å². The third-order valence-corrected chi connectivity index (χ3v) is 7.92. The van der Waals surface area contributed by atoms with Gasteiger partial charge in [0.15, 0.2) is 11.5 Å². The SMILES string of the molecule is C[C@H]1OC(=O)[C@]2(N=C(N)N)C[C@@H]3CCCC[C@H]3C(/C=C/c3ccc(-c4cccc(F)c4)cn3)[C@H]12. The molecule has 3 fully saturated rings. The number of esters is 1. The van der Waals surface area contributed by atoms with Gasteiger partial charge in [-0.2, -0.15) is 0 Å². The van der Waals surface area contributed by atoms with Gasteiger partial charge in [0.1, 0.15) is 11.9 Å². The zero-order chi connectivity index (χ0) is 23.9. The van der Waals surface area contributed by atoms with E-state index in [1.807, 2.05) is 31.2 Å². The van der Waals surface area contributed by atoms with Crippen LogP contribution < -0.4 is 11.5 Å². The Labute approximate surface area is 199 Å². The molecule has 34 heavy (non-hydrogen) atoms. The molecule has 2 aromatic rings. The normalized spacial score (nSPS) is 32.6. The molecule has 1 aliphatic heterocycles. The molecule has 1 aromatic heterocycles. The second-order valence-electron chi connectivity index (χ2n) is 9.93. The summed E-state index contributed by atoms with van der Waals surface area (Å²) in [6.07, 6.45) is 10.9. The van der Waals surface area contributed by atoms with Gasteiger partial charge >= 0.3 is 5.97 Å². The number of carbonyl (C=O) groups is 1. The first-order valence-electron chi connectivity index (χ1n) is 12.1. The van der Waals surface area contributed by atoms with E-state index in [-0.39, 0.29) is 35.7 Å². The van der Waals surface area contributed by atoms with E-state index in [4.69, 9.17) is 16.2 Å². The number of nitrogens with zero attached hydrogens (tertiary/aromatic N) is 2. The molecule has 1 unspecified atom stereocenters.